The van der Waals surface area contributed by atoms with E-state index in [-0.39, 0.29) is 34.8 Å². The van der Waals surface area contributed by atoms with Crippen LogP contribution >= 0.6 is 0 Å². The number of amides is 1. The largest absolute Gasteiger partial charge is 0.631 e. The molecule has 4 fully saturated rings. The van der Waals surface area contributed by atoms with Crippen molar-refractivity contribution in [3.05, 3.63) is 5.21 Å². The van der Waals surface area contributed by atoms with Crippen molar-refractivity contribution in [3.8, 4) is 0 Å². The van der Waals surface area contributed by atoms with Crippen molar-refractivity contribution in [3.63, 3.8) is 0 Å². The Labute approximate surface area is 126 Å². The number of carbonyl (C=O) groups is 1. The summed E-state index contributed by atoms with van der Waals surface area (Å²) < 4.78 is -0.298. The Kier molecular flexibility index (Phi) is 3.11. The average Bonchev–Trinajstić information content (AvgIpc) is 2.43. The molecule has 5 nitrogen and oxygen atoms in total. The van der Waals surface area contributed by atoms with E-state index < -0.39 is 6.10 Å². The van der Waals surface area contributed by atoms with Gasteiger partial charge in [0.05, 0.1) is 6.04 Å². The molecule has 7 atom stereocenters. The minimum absolute atomic E-state index is 0.0887. The Morgan fingerprint density at radius 1 is 1.24 bits per heavy atom. The molecule has 4 saturated heterocycles. The highest BCUT2D eigenvalue weighted by atomic mass is 16.6. The van der Waals surface area contributed by atoms with Crippen LogP contribution in [0.3, 0.4) is 0 Å². The third kappa shape index (κ3) is 1.83. The fourth-order valence-electron chi connectivity index (χ4n) is 5.69. The monoisotopic (exact) mass is 294 g/mol. The predicted octanol–water partition coefficient (Wildman–Crippen LogP) is 1.73. The minimum atomic E-state index is -0.486. The van der Waals surface area contributed by atoms with Gasteiger partial charge in [0.25, 0.3) is 0 Å². The molecule has 0 aromatic carbocycles. The zero-order chi connectivity index (χ0) is 14.8. The summed E-state index contributed by atoms with van der Waals surface area (Å²) in [7, 11) is 0. The maximum atomic E-state index is 13.8. The zero-order valence-electron chi connectivity index (χ0n) is 12.8. The molecule has 0 saturated carbocycles. The van der Waals surface area contributed by atoms with Gasteiger partial charge < -0.3 is 15.0 Å². The Morgan fingerprint density at radius 3 is 2.86 bits per heavy atom. The van der Waals surface area contributed by atoms with Crippen LogP contribution in [0.4, 0.5) is 0 Å². The second kappa shape index (κ2) is 4.67. The van der Waals surface area contributed by atoms with E-state index in [0.29, 0.717) is 25.2 Å². The van der Waals surface area contributed by atoms with E-state index in [2.05, 4.69) is 6.92 Å². The Hall–Kier alpha value is -0.650. The molecular formula is C16H26N2O3. The Morgan fingerprint density at radius 2 is 2.05 bits per heavy atom. The first-order chi connectivity index (χ1) is 10.0. The number of aliphatic hydroxyl groups is 1. The molecule has 4 aliphatic heterocycles. The molecule has 118 valence electrons. The van der Waals surface area contributed by atoms with Gasteiger partial charge in [0.1, 0.15) is 12.1 Å². The van der Waals surface area contributed by atoms with Gasteiger partial charge in [-0.15, -0.1) is 0 Å². The van der Waals surface area contributed by atoms with E-state index in [1.165, 1.54) is 0 Å². The number of nitrogens with zero attached hydrogens (tertiary/aromatic N) is 2. The van der Waals surface area contributed by atoms with Crippen LogP contribution in [0.15, 0.2) is 0 Å². The average molecular weight is 294 g/mol. The molecule has 7 unspecified atom stereocenters. The number of rotatable bonds is 0. The fraction of sp³-hybridized carbons (Fsp3) is 0.938. The fourth-order valence-corrected chi connectivity index (χ4v) is 5.69. The highest BCUT2D eigenvalue weighted by Gasteiger charge is 2.59. The summed E-state index contributed by atoms with van der Waals surface area (Å²) in [4.78, 5) is 14.4. The summed E-state index contributed by atoms with van der Waals surface area (Å²) in [6.45, 7) is 2.21. The maximum Gasteiger partial charge on any atom is 0.227 e. The molecule has 0 aromatic rings. The predicted molar refractivity (Wildman–Crippen MR) is 77.7 cm³/mol. The Bertz CT molecular complexity index is 457. The quantitative estimate of drug-likeness (QED) is 0.547. The van der Waals surface area contributed by atoms with Gasteiger partial charge in [0.15, 0.2) is 6.17 Å². The summed E-state index contributed by atoms with van der Waals surface area (Å²) in [5.41, 5.74) is 0. The molecule has 0 spiro atoms. The molecule has 5 heteroatoms. The van der Waals surface area contributed by atoms with Gasteiger partial charge >= 0.3 is 0 Å². The molecule has 1 N–H and O–H groups in total. The van der Waals surface area contributed by atoms with Crippen LogP contribution < -0.4 is 0 Å². The van der Waals surface area contributed by atoms with Gasteiger partial charge in [0, 0.05) is 38.1 Å². The first-order valence-electron chi connectivity index (χ1n) is 8.60. The van der Waals surface area contributed by atoms with E-state index in [0.717, 1.165) is 32.1 Å². The number of hydrogen-bond donors (Lipinski definition) is 1. The van der Waals surface area contributed by atoms with Gasteiger partial charge in [-0.05, 0) is 25.2 Å². The molecule has 0 bridgehead atoms. The van der Waals surface area contributed by atoms with E-state index in [9.17, 15) is 15.1 Å². The van der Waals surface area contributed by atoms with Gasteiger partial charge in [0.2, 0.25) is 5.91 Å². The van der Waals surface area contributed by atoms with Crippen molar-refractivity contribution in [2.24, 2.45) is 5.92 Å². The van der Waals surface area contributed by atoms with Crippen LogP contribution in [0.1, 0.15) is 58.3 Å². The lowest BCUT2D eigenvalue weighted by Crippen LogP contribution is -2.79. The lowest BCUT2D eigenvalue weighted by atomic mass is 9.74. The lowest BCUT2D eigenvalue weighted by molar-refractivity contribution is -0.982. The molecule has 4 rings (SSSR count). The lowest BCUT2D eigenvalue weighted by Gasteiger charge is -2.70. The Balaban J connectivity index is 1.75. The molecule has 21 heavy (non-hydrogen) atoms. The van der Waals surface area contributed by atoms with Crippen molar-refractivity contribution < 1.29 is 14.5 Å². The molecule has 0 aromatic heterocycles. The van der Waals surface area contributed by atoms with Crippen LogP contribution in [0, 0.1) is 11.1 Å². The number of quaternary nitrogens is 1. The van der Waals surface area contributed by atoms with E-state index in [1.54, 1.807) is 0 Å². The summed E-state index contributed by atoms with van der Waals surface area (Å²) in [6, 6.07) is 0.154. The minimum Gasteiger partial charge on any atom is -0.631 e. The van der Waals surface area contributed by atoms with Gasteiger partial charge in [-0.2, -0.15) is 0 Å². The summed E-state index contributed by atoms with van der Waals surface area (Å²) in [5.74, 6) is 0.691. The third-order valence-corrected chi connectivity index (χ3v) is 6.51. The molecule has 0 radical (unpaired) electrons. The van der Waals surface area contributed by atoms with Gasteiger partial charge in [-0.1, -0.05) is 6.92 Å². The van der Waals surface area contributed by atoms with Crippen LogP contribution in [-0.4, -0.2) is 51.0 Å². The van der Waals surface area contributed by atoms with Crippen molar-refractivity contribution in [2.75, 3.05) is 0 Å². The SMILES string of the molecule is CC1CC2CC3CCCC(=O)N3C3CCC(O)C(C1)[N+]23[O-]. The molecular weight excluding hydrogens is 268 g/mol. The number of aliphatic hydroxyl groups excluding tert-OH is 1. The zero-order valence-corrected chi connectivity index (χ0v) is 12.8. The van der Waals surface area contributed by atoms with Crippen molar-refractivity contribution in [2.45, 2.75) is 88.7 Å². The van der Waals surface area contributed by atoms with E-state index in [1.807, 2.05) is 4.90 Å². The summed E-state index contributed by atoms with van der Waals surface area (Å²) in [6.07, 6.45) is 5.89. The standard InChI is InChI=1S/C16H26N2O3/c1-10-7-12-9-11-3-2-4-16(20)17(11)15-6-5-14(19)13(8-10)18(12,15)21/h10-15,19H,2-9H2,1H3. The van der Waals surface area contributed by atoms with E-state index in [4.69, 9.17) is 0 Å². The topological polar surface area (TPSA) is 63.6 Å². The van der Waals surface area contributed by atoms with Crippen LogP contribution in [0.2, 0.25) is 0 Å². The molecule has 4 aliphatic rings. The van der Waals surface area contributed by atoms with Crippen LogP contribution in [-0.2, 0) is 4.79 Å². The number of carbonyl (C=O) groups excluding carboxylic acids is 1. The van der Waals surface area contributed by atoms with E-state index >= 15 is 0 Å². The molecule has 4 heterocycles. The van der Waals surface area contributed by atoms with Crippen molar-refractivity contribution in [1.82, 2.24) is 4.90 Å². The van der Waals surface area contributed by atoms with Crippen molar-refractivity contribution >= 4 is 5.91 Å². The number of fused-ring (bicyclic) bond motifs is 2. The number of hydrogen-bond acceptors (Lipinski definition) is 3. The van der Waals surface area contributed by atoms with Crippen LogP contribution in [0.5, 0.6) is 0 Å². The van der Waals surface area contributed by atoms with Crippen LogP contribution in [0.25, 0.3) is 0 Å². The summed E-state index contributed by atoms with van der Waals surface area (Å²) in [5, 5.41) is 24.2. The highest BCUT2D eigenvalue weighted by molar-refractivity contribution is 5.77. The maximum absolute atomic E-state index is 13.8. The first kappa shape index (κ1) is 14.0. The smallest absolute Gasteiger partial charge is 0.227 e. The molecule has 0 aliphatic carbocycles. The number of piperidine rings is 3. The second-order valence-electron chi connectivity index (χ2n) is 7.77. The second-order valence-corrected chi connectivity index (χ2v) is 7.77. The van der Waals surface area contributed by atoms with Crippen molar-refractivity contribution in [1.29, 1.82) is 0 Å². The normalized spacial score (nSPS) is 53.1. The van der Waals surface area contributed by atoms with Gasteiger partial charge in [-0.3, -0.25) is 9.69 Å². The number of hydroxylamine groups is 3. The highest BCUT2D eigenvalue weighted by Crippen LogP contribution is 2.50. The third-order valence-electron chi connectivity index (χ3n) is 6.51. The first-order valence-corrected chi connectivity index (χ1v) is 8.60. The summed E-state index contributed by atoms with van der Waals surface area (Å²) >= 11 is 0. The molecule has 1 amide bonds. The van der Waals surface area contributed by atoms with Gasteiger partial charge in [-0.25, -0.2) is 0 Å².